The molecule has 0 unspecified atom stereocenters. The lowest BCUT2D eigenvalue weighted by Gasteiger charge is -2.23. The number of aliphatic hydroxyl groups is 1. The van der Waals surface area contributed by atoms with Crippen molar-refractivity contribution in [2.45, 2.75) is 19.9 Å². The smallest absolute Gasteiger partial charge is 0.301 e. The van der Waals surface area contributed by atoms with Gasteiger partial charge in [0.25, 0.3) is 5.78 Å². The molecule has 0 radical (unpaired) electrons. The highest BCUT2D eigenvalue weighted by Gasteiger charge is 2.48. The monoisotopic (exact) mass is 489 g/mol. The summed E-state index contributed by atoms with van der Waals surface area (Å²) in [5, 5.41) is 20.5. The van der Waals surface area contributed by atoms with Crippen LogP contribution in [0.15, 0.2) is 48.0 Å². The molecule has 3 aromatic rings. The first-order valence-electron chi connectivity index (χ1n) is 9.61. The maximum Gasteiger partial charge on any atom is 0.301 e. The van der Waals surface area contributed by atoms with Gasteiger partial charge in [-0.2, -0.15) is 0 Å². The van der Waals surface area contributed by atoms with Crippen molar-refractivity contribution < 1.29 is 19.4 Å². The minimum absolute atomic E-state index is 0.0783. The number of halogens is 2. The number of ketones is 1. The average Bonchev–Trinajstić information content (AvgIpc) is 3.31. The van der Waals surface area contributed by atoms with E-state index in [-0.39, 0.29) is 21.5 Å². The zero-order valence-electron chi connectivity index (χ0n) is 17.0. The highest BCUT2D eigenvalue weighted by molar-refractivity contribution is 7.15. The van der Waals surface area contributed by atoms with Gasteiger partial charge in [0.05, 0.1) is 28.3 Å². The predicted molar refractivity (Wildman–Crippen MR) is 124 cm³/mol. The van der Waals surface area contributed by atoms with Crippen molar-refractivity contribution >= 4 is 57.1 Å². The standard InChI is InChI=1S/C22H17Cl2N3O4S/c1-3-31-14-7-4-12(5-8-14)19(28)17-18(13-6-9-15(23)16(24)10-13)27(21(30)20(17)29)22-26-25-11(2)32-22/h4-10,18,28H,3H2,1-2H3/b19-17+/t18-/m1/s1. The molecule has 4 rings (SSSR count). The van der Waals surface area contributed by atoms with Gasteiger partial charge in [-0.05, 0) is 55.8 Å². The second-order valence-electron chi connectivity index (χ2n) is 6.90. The number of hydrogen-bond acceptors (Lipinski definition) is 7. The Labute approximate surface area is 197 Å². The Balaban J connectivity index is 1.90. The quantitative estimate of drug-likeness (QED) is 0.301. The van der Waals surface area contributed by atoms with Crippen LogP contribution < -0.4 is 9.64 Å². The number of carbonyl (C=O) groups is 2. The highest BCUT2D eigenvalue weighted by Crippen LogP contribution is 2.44. The van der Waals surface area contributed by atoms with Gasteiger partial charge < -0.3 is 9.84 Å². The highest BCUT2D eigenvalue weighted by atomic mass is 35.5. The van der Waals surface area contributed by atoms with Gasteiger partial charge in [-0.3, -0.25) is 14.5 Å². The number of Topliss-reactive ketones (excluding diaryl/α,β-unsaturated/α-hetero) is 1. The third-order valence-corrected chi connectivity index (χ3v) is 6.44. The maximum absolute atomic E-state index is 13.1. The molecule has 2 heterocycles. The van der Waals surface area contributed by atoms with E-state index in [0.717, 1.165) is 11.3 Å². The molecule has 10 heteroatoms. The molecule has 1 aromatic heterocycles. The lowest BCUT2D eigenvalue weighted by atomic mass is 9.95. The van der Waals surface area contributed by atoms with Crippen LogP contribution in [-0.2, 0) is 9.59 Å². The van der Waals surface area contributed by atoms with Crippen LogP contribution in [0.5, 0.6) is 5.75 Å². The molecule has 32 heavy (non-hydrogen) atoms. The molecular formula is C22H17Cl2N3O4S. The van der Waals surface area contributed by atoms with E-state index in [1.807, 2.05) is 6.92 Å². The van der Waals surface area contributed by atoms with E-state index in [1.54, 1.807) is 49.4 Å². The fraction of sp³-hybridized carbons (Fsp3) is 0.182. The third kappa shape index (κ3) is 3.97. The number of anilines is 1. The number of aryl methyl sites for hydroxylation is 1. The summed E-state index contributed by atoms with van der Waals surface area (Å²) in [7, 11) is 0. The molecule has 1 atom stereocenters. The molecule has 7 nitrogen and oxygen atoms in total. The number of amides is 1. The van der Waals surface area contributed by atoms with Crippen molar-refractivity contribution in [3.63, 3.8) is 0 Å². The van der Waals surface area contributed by atoms with Crippen molar-refractivity contribution in [1.29, 1.82) is 0 Å². The van der Waals surface area contributed by atoms with Crippen LogP contribution in [-0.4, -0.2) is 33.6 Å². The number of carbonyl (C=O) groups excluding carboxylic acids is 2. The summed E-state index contributed by atoms with van der Waals surface area (Å²) in [4.78, 5) is 27.3. The zero-order chi connectivity index (χ0) is 23.0. The molecule has 1 saturated heterocycles. The van der Waals surface area contributed by atoms with E-state index in [2.05, 4.69) is 10.2 Å². The summed E-state index contributed by atoms with van der Waals surface area (Å²) in [5.41, 5.74) is 0.786. The van der Waals surface area contributed by atoms with Gasteiger partial charge in [0.15, 0.2) is 0 Å². The number of ether oxygens (including phenoxy) is 1. The Morgan fingerprint density at radius 3 is 2.44 bits per heavy atom. The number of rotatable bonds is 5. The number of aromatic nitrogens is 2. The van der Waals surface area contributed by atoms with Crippen molar-refractivity contribution in [3.05, 3.63) is 74.2 Å². The summed E-state index contributed by atoms with van der Waals surface area (Å²) in [6.07, 6.45) is 0. The first kappa shape index (κ1) is 22.3. The zero-order valence-corrected chi connectivity index (χ0v) is 19.3. The van der Waals surface area contributed by atoms with Crippen LogP contribution in [0.3, 0.4) is 0 Å². The summed E-state index contributed by atoms with van der Waals surface area (Å²) < 4.78 is 5.43. The number of hydrogen-bond donors (Lipinski definition) is 1. The first-order valence-corrected chi connectivity index (χ1v) is 11.2. The Morgan fingerprint density at radius 2 is 1.84 bits per heavy atom. The van der Waals surface area contributed by atoms with Gasteiger partial charge in [0, 0.05) is 5.56 Å². The lowest BCUT2D eigenvalue weighted by molar-refractivity contribution is -0.132. The van der Waals surface area contributed by atoms with E-state index in [9.17, 15) is 14.7 Å². The van der Waals surface area contributed by atoms with Crippen molar-refractivity contribution in [2.75, 3.05) is 11.5 Å². The summed E-state index contributed by atoms with van der Waals surface area (Å²) in [6, 6.07) is 10.4. The van der Waals surface area contributed by atoms with Crippen LogP contribution in [0.4, 0.5) is 5.13 Å². The van der Waals surface area contributed by atoms with E-state index in [1.165, 1.54) is 4.90 Å². The van der Waals surface area contributed by atoms with E-state index < -0.39 is 17.7 Å². The third-order valence-electron chi connectivity index (χ3n) is 4.86. The lowest BCUT2D eigenvalue weighted by Crippen LogP contribution is -2.29. The minimum Gasteiger partial charge on any atom is -0.507 e. The van der Waals surface area contributed by atoms with E-state index in [4.69, 9.17) is 27.9 Å². The number of nitrogens with zero attached hydrogens (tertiary/aromatic N) is 3. The second-order valence-corrected chi connectivity index (χ2v) is 8.88. The fourth-order valence-corrected chi connectivity index (χ4v) is 4.46. The van der Waals surface area contributed by atoms with Gasteiger partial charge in [-0.25, -0.2) is 0 Å². The topological polar surface area (TPSA) is 92.6 Å². The molecule has 2 aromatic carbocycles. The SMILES string of the molecule is CCOc1ccc(/C(O)=C2\C(=O)C(=O)N(c3nnc(C)s3)[C@@H]2c2ccc(Cl)c(Cl)c2)cc1. The van der Waals surface area contributed by atoms with Crippen LogP contribution in [0, 0.1) is 6.92 Å². The van der Waals surface area contributed by atoms with Gasteiger partial charge >= 0.3 is 5.91 Å². The molecule has 1 amide bonds. The Hall–Kier alpha value is -2.94. The molecule has 0 bridgehead atoms. The Morgan fingerprint density at radius 1 is 1.12 bits per heavy atom. The molecule has 164 valence electrons. The van der Waals surface area contributed by atoms with Crippen LogP contribution in [0.25, 0.3) is 5.76 Å². The molecule has 1 aliphatic rings. The molecule has 1 aliphatic heterocycles. The normalized spacial score (nSPS) is 17.8. The fourth-order valence-electron chi connectivity index (χ4n) is 3.44. The molecule has 1 N–H and O–H groups in total. The van der Waals surface area contributed by atoms with Crippen molar-refractivity contribution in [3.8, 4) is 5.75 Å². The van der Waals surface area contributed by atoms with E-state index >= 15 is 0 Å². The Bertz CT molecular complexity index is 1240. The number of benzene rings is 2. The second kappa shape index (κ2) is 8.90. The van der Waals surface area contributed by atoms with Crippen LogP contribution in [0.2, 0.25) is 10.0 Å². The van der Waals surface area contributed by atoms with Gasteiger partial charge in [-0.1, -0.05) is 40.6 Å². The largest absolute Gasteiger partial charge is 0.507 e. The molecule has 0 saturated carbocycles. The van der Waals surface area contributed by atoms with Gasteiger partial charge in [0.2, 0.25) is 5.13 Å². The van der Waals surface area contributed by atoms with Crippen molar-refractivity contribution in [2.24, 2.45) is 0 Å². The van der Waals surface area contributed by atoms with E-state index in [0.29, 0.717) is 33.5 Å². The first-order chi connectivity index (χ1) is 15.3. The molecule has 0 aliphatic carbocycles. The summed E-state index contributed by atoms with van der Waals surface area (Å²) in [6.45, 7) is 4.10. The molecule has 1 fully saturated rings. The van der Waals surface area contributed by atoms with Gasteiger partial charge in [0.1, 0.15) is 16.5 Å². The number of aliphatic hydroxyl groups excluding tert-OH is 1. The van der Waals surface area contributed by atoms with Gasteiger partial charge in [-0.15, -0.1) is 10.2 Å². The van der Waals surface area contributed by atoms with Crippen LogP contribution >= 0.6 is 34.5 Å². The molecule has 0 spiro atoms. The maximum atomic E-state index is 13.1. The van der Waals surface area contributed by atoms with Crippen LogP contribution in [0.1, 0.15) is 29.1 Å². The summed E-state index contributed by atoms with van der Waals surface area (Å²) in [5.74, 6) is -1.34. The summed E-state index contributed by atoms with van der Waals surface area (Å²) >= 11 is 13.4. The molecular weight excluding hydrogens is 473 g/mol. The average molecular weight is 490 g/mol. The van der Waals surface area contributed by atoms with Crippen molar-refractivity contribution in [1.82, 2.24) is 10.2 Å². The minimum atomic E-state index is -0.955. The Kier molecular flexibility index (Phi) is 6.19. The predicted octanol–water partition coefficient (Wildman–Crippen LogP) is 5.18.